The summed E-state index contributed by atoms with van der Waals surface area (Å²) in [6, 6.07) is 0.420. The van der Waals surface area contributed by atoms with Gasteiger partial charge in [0.2, 0.25) is 0 Å². The van der Waals surface area contributed by atoms with E-state index in [4.69, 9.17) is 11.5 Å². The fraction of sp³-hybridized carbons (Fsp3) is 0.250. The monoisotopic (exact) mass is 190 g/mol. The summed E-state index contributed by atoms with van der Waals surface area (Å²) in [5, 5.41) is 0. The van der Waals surface area contributed by atoms with Gasteiger partial charge in [-0.2, -0.15) is 0 Å². The van der Waals surface area contributed by atoms with Crippen LogP contribution in [0.2, 0.25) is 0 Å². The van der Waals surface area contributed by atoms with Gasteiger partial charge in [0.15, 0.2) is 11.6 Å². The van der Waals surface area contributed by atoms with Crippen LogP contribution < -0.4 is 11.5 Å². The third kappa shape index (κ3) is 1.99. The van der Waals surface area contributed by atoms with E-state index >= 15 is 0 Å². The summed E-state index contributed by atoms with van der Waals surface area (Å²) in [6.45, 7) is -0.0696. The van der Waals surface area contributed by atoms with Crippen LogP contribution >= 0.6 is 0 Å². The zero-order valence-electron chi connectivity index (χ0n) is 6.73. The Hall–Kier alpha value is -1.07. The number of benzene rings is 1. The summed E-state index contributed by atoms with van der Waals surface area (Å²) in [6.07, 6.45) is 0. The van der Waals surface area contributed by atoms with E-state index in [9.17, 15) is 13.2 Å². The van der Waals surface area contributed by atoms with E-state index in [1.54, 1.807) is 0 Å². The molecule has 72 valence electrons. The van der Waals surface area contributed by atoms with Gasteiger partial charge in [0, 0.05) is 24.2 Å². The highest BCUT2D eigenvalue weighted by Gasteiger charge is 2.15. The maximum atomic E-state index is 12.9. The van der Waals surface area contributed by atoms with Crippen molar-refractivity contribution in [1.29, 1.82) is 0 Å². The van der Waals surface area contributed by atoms with Crippen molar-refractivity contribution in [3.05, 3.63) is 35.1 Å². The molecule has 0 aromatic heterocycles. The topological polar surface area (TPSA) is 52.0 Å². The van der Waals surface area contributed by atoms with E-state index in [0.717, 1.165) is 6.07 Å². The predicted molar refractivity (Wildman–Crippen MR) is 42.3 cm³/mol. The van der Waals surface area contributed by atoms with Gasteiger partial charge in [-0.05, 0) is 6.07 Å². The maximum Gasteiger partial charge on any atom is 0.163 e. The first-order chi connectivity index (χ1) is 6.06. The second-order valence-corrected chi connectivity index (χ2v) is 2.63. The van der Waals surface area contributed by atoms with Crippen molar-refractivity contribution < 1.29 is 13.2 Å². The molecule has 0 bridgehead atoms. The van der Waals surface area contributed by atoms with Crippen LogP contribution in [-0.2, 0) is 0 Å². The van der Waals surface area contributed by atoms with Crippen molar-refractivity contribution in [2.45, 2.75) is 6.04 Å². The Morgan fingerprint density at radius 1 is 1.23 bits per heavy atom. The Morgan fingerprint density at radius 2 is 1.85 bits per heavy atom. The van der Waals surface area contributed by atoms with Crippen LogP contribution in [-0.4, -0.2) is 6.54 Å². The molecular weight excluding hydrogens is 181 g/mol. The molecule has 0 aliphatic rings. The third-order valence-corrected chi connectivity index (χ3v) is 1.67. The van der Waals surface area contributed by atoms with Gasteiger partial charge in [-0.1, -0.05) is 0 Å². The molecule has 13 heavy (non-hydrogen) atoms. The minimum Gasteiger partial charge on any atom is -0.329 e. The van der Waals surface area contributed by atoms with Crippen LogP contribution in [0, 0.1) is 17.5 Å². The summed E-state index contributed by atoms with van der Waals surface area (Å²) in [5.74, 6) is -3.25. The molecule has 1 rings (SSSR count). The van der Waals surface area contributed by atoms with Crippen molar-refractivity contribution in [2.24, 2.45) is 11.5 Å². The van der Waals surface area contributed by atoms with Crippen LogP contribution in [0.4, 0.5) is 13.2 Å². The Balaban J connectivity index is 3.20. The van der Waals surface area contributed by atoms with Crippen LogP contribution in [0.25, 0.3) is 0 Å². The van der Waals surface area contributed by atoms with Crippen molar-refractivity contribution in [2.75, 3.05) is 6.54 Å². The van der Waals surface area contributed by atoms with Gasteiger partial charge in [0.25, 0.3) is 0 Å². The molecule has 0 radical (unpaired) electrons. The molecule has 5 heteroatoms. The van der Waals surface area contributed by atoms with Gasteiger partial charge in [-0.15, -0.1) is 0 Å². The van der Waals surface area contributed by atoms with Crippen molar-refractivity contribution in [3.8, 4) is 0 Å². The molecule has 0 fully saturated rings. The van der Waals surface area contributed by atoms with Crippen molar-refractivity contribution in [3.63, 3.8) is 0 Å². The quantitative estimate of drug-likeness (QED) is 0.685. The first kappa shape index (κ1) is 10.0. The fourth-order valence-electron chi connectivity index (χ4n) is 0.973. The summed E-state index contributed by atoms with van der Waals surface area (Å²) in [7, 11) is 0. The second-order valence-electron chi connectivity index (χ2n) is 2.63. The number of nitrogens with two attached hydrogens (primary N) is 2. The van der Waals surface area contributed by atoms with E-state index < -0.39 is 23.5 Å². The summed E-state index contributed by atoms with van der Waals surface area (Å²) in [5.41, 5.74) is 10.2. The summed E-state index contributed by atoms with van der Waals surface area (Å²) in [4.78, 5) is 0. The molecule has 1 aromatic carbocycles. The number of rotatable bonds is 2. The van der Waals surface area contributed by atoms with Gasteiger partial charge >= 0.3 is 0 Å². The lowest BCUT2D eigenvalue weighted by Crippen LogP contribution is -2.22. The van der Waals surface area contributed by atoms with Crippen LogP contribution in [0.1, 0.15) is 11.6 Å². The molecule has 0 saturated heterocycles. The average Bonchev–Trinajstić information content (AvgIpc) is 2.10. The lowest BCUT2D eigenvalue weighted by atomic mass is 10.1. The largest absolute Gasteiger partial charge is 0.329 e. The number of hydrogen-bond acceptors (Lipinski definition) is 2. The van der Waals surface area contributed by atoms with Crippen molar-refractivity contribution >= 4 is 0 Å². The summed E-state index contributed by atoms with van der Waals surface area (Å²) >= 11 is 0. The van der Waals surface area contributed by atoms with Crippen molar-refractivity contribution in [1.82, 2.24) is 0 Å². The molecule has 0 aliphatic carbocycles. The number of hydrogen-bond donors (Lipinski definition) is 2. The molecule has 4 N–H and O–H groups in total. The van der Waals surface area contributed by atoms with E-state index in [2.05, 4.69) is 0 Å². The van der Waals surface area contributed by atoms with Crippen LogP contribution in [0.5, 0.6) is 0 Å². The minimum absolute atomic E-state index is 0.0696. The third-order valence-electron chi connectivity index (χ3n) is 1.67. The zero-order valence-corrected chi connectivity index (χ0v) is 6.73. The van der Waals surface area contributed by atoms with E-state index in [0.29, 0.717) is 6.07 Å². The molecule has 2 nitrogen and oxygen atoms in total. The second kappa shape index (κ2) is 3.76. The van der Waals surface area contributed by atoms with E-state index in [1.807, 2.05) is 0 Å². The normalized spacial score (nSPS) is 13.0. The molecule has 0 unspecified atom stereocenters. The first-order valence-corrected chi connectivity index (χ1v) is 3.66. The van der Waals surface area contributed by atoms with E-state index in [1.165, 1.54) is 0 Å². The fourth-order valence-corrected chi connectivity index (χ4v) is 0.973. The van der Waals surface area contributed by atoms with Gasteiger partial charge in [0.05, 0.1) is 0 Å². The maximum absolute atomic E-state index is 12.9. The highest BCUT2D eigenvalue weighted by Crippen LogP contribution is 2.18. The molecule has 1 atom stereocenters. The molecule has 0 aliphatic heterocycles. The molecule has 1 aromatic rings. The molecule has 0 heterocycles. The standard InChI is InChI=1S/C8H9F3N2/c9-4-1-5(7(13)3-12)8(11)6(10)2-4/h1-2,7H,3,12-13H2/t7-/m1/s1. The lowest BCUT2D eigenvalue weighted by Gasteiger charge is -2.10. The summed E-state index contributed by atoms with van der Waals surface area (Å²) < 4.78 is 38.2. The Bertz CT molecular complexity index is 315. The van der Waals surface area contributed by atoms with Gasteiger partial charge in [0.1, 0.15) is 5.82 Å². The van der Waals surface area contributed by atoms with E-state index in [-0.39, 0.29) is 12.1 Å². The van der Waals surface area contributed by atoms with Crippen LogP contribution in [0.3, 0.4) is 0 Å². The average molecular weight is 190 g/mol. The lowest BCUT2D eigenvalue weighted by molar-refractivity contribution is 0.475. The highest BCUT2D eigenvalue weighted by molar-refractivity contribution is 5.23. The predicted octanol–water partition coefficient (Wildman–Crippen LogP) is 1.06. The first-order valence-electron chi connectivity index (χ1n) is 3.66. The van der Waals surface area contributed by atoms with Gasteiger partial charge < -0.3 is 11.5 Å². The highest BCUT2D eigenvalue weighted by atomic mass is 19.2. The minimum atomic E-state index is -1.25. The smallest absolute Gasteiger partial charge is 0.163 e. The molecule has 0 spiro atoms. The Labute approximate surface area is 73.3 Å². The Kier molecular flexibility index (Phi) is 2.90. The van der Waals surface area contributed by atoms with Crippen LogP contribution in [0.15, 0.2) is 12.1 Å². The Morgan fingerprint density at radius 3 is 2.38 bits per heavy atom. The van der Waals surface area contributed by atoms with Gasteiger partial charge in [-0.25, -0.2) is 13.2 Å². The molecular formula is C8H9F3N2. The molecule has 0 saturated carbocycles. The zero-order chi connectivity index (χ0) is 10.0. The number of halogens is 3. The van der Waals surface area contributed by atoms with Gasteiger partial charge in [-0.3, -0.25) is 0 Å². The molecule has 0 amide bonds. The SMILES string of the molecule is NC[C@@H](N)c1cc(F)cc(F)c1F.